The zero-order valence-electron chi connectivity index (χ0n) is 14.1. The molecule has 0 aliphatic rings. The second-order valence-electron chi connectivity index (χ2n) is 5.77. The minimum atomic E-state index is -0.493. The number of anilines is 1. The van der Waals surface area contributed by atoms with Crippen LogP contribution in [0.15, 0.2) is 48.5 Å². The van der Waals surface area contributed by atoms with Crippen molar-refractivity contribution >= 4 is 17.4 Å². The molecule has 0 aliphatic carbocycles. The number of carbonyl (C=O) groups is 1. The molecule has 0 atom stereocenters. The first-order valence-electron chi connectivity index (χ1n) is 7.74. The van der Waals surface area contributed by atoms with Crippen LogP contribution in [0.5, 0.6) is 0 Å². The largest absolute Gasteiger partial charge is 0.306 e. The average Bonchev–Trinajstić information content (AvgIpc) is 2.97. The molecule has 132 valence electrons. The van der Waals surface area contributed by atoms with Crippen LogP contribution in [-0.4, -0.2) is 20.6 Å². The first-order valence-corrected chi connectivity index (χ1v) is 7.74. The number of rotatable bonds is 4. The van der Waals surface area contributed by atoms with Crippen LogP contribution in [0.2, 0.25) is 0 Å². The summed E-state index contributed by atoms with van der Waals surface area (Å²) in [5, 5.41) is 17.8. The summed E-state index contributed by atoms with van der Waals surface area (Å²) in [6.45, 7) is 3.37. The Morgan fingerprint density at radius 1 is 1.15 bits per heavy atom. The minimum absolute atomic E-state index is 0.0432. The number of benzene rings is 2. The van der Waals surface area contributed by atoms with E-state index in [9.17, 15) is 19.3 Å². The molecule has 0 unspecified atom stereocenters. The van der Waals surface area contributed by atoms with Gasteiger partial charge in [-0.15, -0.1) is 0 Å². The molecule has 0 spiro atoms. The summed E-state index contributed by atoms with van der Waals surface area (Å²) < 4.78 is 15.1. The van der Waals surface area contributed by atoms with Crippen molar-refractivity contribution in [2.45, 2.75) is 13.8 Å². The van der Waals surface area contributed by atoms with Gasteiger partial charge in [0, 0.05) is 23.8 Å². The summed E-state index contributed by atoms with van der Waals surface area (Å²) in [7, 11) is 0. The van der Waals surface area contributed by atoms with Crippen molar-refractivity contribution in [1.82, 2.24) is 9.78 Å². The smallest absolute Gasteiger partial charge is 0.269 e. The second kappa shape index (κ2) is 6.75. The van der Waals surface area contributed by atoms with Gasteiger partial charge in [-0.05, 0) is 43.7 Å². The Bertz CT molecular complexity index is 996. The number of nitro benzene ring substituents is 1. The van der Waals surface area contributed by atoms with E-state index in [1.54, 1.807) is 19.9 Å². The van der Waals surface area contributed by atoms with Crippen molar-refractivity contribution in [3.8, 4) is 5.69 Å². The van der Waals surface area contributed by atoms with E-state index in [1.807, 2.05) is 0 Å². The molecule has 0 fully saturated rings. The molecule has 7 nitrogen and oxygen atoms in total. The number of non-ortho nitro benzene ring substituents is 1. The number of hydrogen-bond acceptors (Lipinski definition) is 4. The molecule has 8 heteroatoms. The minimum Gasteiger partial charge on any atom is -0.306 e. The summed E-state index contributed by atoms with van der Waals surface area (Å²) in [5.74, 6) is -0.563. The molecule has 1 aromatic heterocycles. The van der Waals surface area contributed by atoms with E-state index in [0.29, 0.717) is 22.8 Å². The SMILES string of the molecule is Cc1cc(NC(=O)c2ccc(C)c(F)c2)n(-c2ccc([N+](=O)[O-])cc2)n1. The van der Waals surface area contributed by atoms with Gasteiger partial charge in [0.15, 0.2) is 0 Å². The van der Waals surface area contributed by atoms with E-state index in [4.69, 9.17) is 0 Å². The fourth-order valence-electron chi connectivity index (χ4n) is 2.42. The van der Waals surface area contributed by atoms with Gasteiger partial charge in [-0.1, -0.05) is 6.07 Å². The number of carbonyl (C=O) groups excluding carboxylic acids is 1. The van der Waals surface area contributed by atoms with Crippen molar-refractivity contribution in [2.75, 3.05) is 5.32 Å². The number of nitro groups is 1. The van der Waals surface area contributed by atoms with Crippen LogP contribution in [0, 0.1) is 29.8 Å². The molecule has 0 saturated heterocycles. The number of aromatic nitrogens is 2. The Morgan fingerprint density at radius 3 is 2.46 bits per heavy atom. The second-order valence-corrected chi connectivity index (χ2v) is 5.77. The van der Waals surface area contributed by atoms with Crippen molar-refractivity contribution in [3.05, 3.63) is 81.3 Å². The molecule has 1 amide bonds. The lowest BCUT2D eigenvalue weighted by molar-refractivity contribution is -0.384. The molecule has 0 saturated carbocycles. The van der Waals surface area contributed by atoms with Gasteiger partial charge in [0.05, 0.1) is 16.3 Å². The lowest BCUT2D eigenvalue weighted by Gasteiger charge is -2.09. The van der Waals surface area contributed by atoms with E-state index in [1.165, 1.54) is 47.1 Å². The normalized spacial score (nSPS) is 10.6. The van der Waals surface area contributed by atoms with Crippen LogP contribution in [0.1, 0.15) is 21.6 Å². The summed E-state index contributed by atoms with van der Waals surface area (Å²) in [5.41, 5.74) is 1.79. The third-order valence-electron chi connectivity index (χ3n) is 3.81. The van der Waals surface area contributed by atoms with Crippen LogP contribution in [0.3, 0.4) is 0 Å². The zero-order valence-corrected chi connectivity index (χ0v) is 14.1. The van der Waals surface area contributed by atoms with E-state index in [0.717, 1.165) is 0 Å². The lowest BCUT2D eigenvalue weighted by Crippen LogP contribution is -2.15. The Hall–Kier alpha value is -3.55. The maximum atomic E-state index is 13.7. The van der Waals surface area contributed by atoms with Crippen LogP contribution in [0.4, 0.5) is 15.9 Å². The fourth-order valence-corrected chi connectivity index (χ4v) is 2.42. The number of amides is 1. The van der Waals surface area contributed by atoms with Gasteiger partial charge in [0.25, 0.3) is 11.6 Å². The summed E-state index contributed by atoms with van der Waals surface area (Å²) >= 11 is 0. The average molecular weight is 354 g/mol. The van der Waals surface area contributed by atoms with Crippen molar-refractivity contribution in [2.24, 2.45) is 0 Å². The Balaban J connectivity index is 1.90. The molecule has 1 heterocycles. The fraction of sp³-hybridized carbons (Fsp3) is 0.111. The van der Waals surface area contributed by atoms with Crippen molar-refractivity contribution in [1.29, 1.82) is 0 Å². The van der Waals surface area contributed by atoms with Gasteiger partial charge >= 0.3 is 0 Å². The molecule has 1 N–H and O–H groups in total. The summed E-state index contributed by atoms with van der Waals surface area (Å²) in [6.07, 6.45) is 0. The number of nitrogens with zero attached hydrogens (tertiary/aromatic N) is 3. The molecule has 2 aromatic carbocycles. The van der Waals surface area contributed by atoms with Gasteiger partial charge in [-0.3, -0.25) is 14.9 Å². The molecular formula is C18H15FN4O3. The Kier molecular flexibility index (Phi) is 4.49. The van der Waals surface area contributed by atoms with Crippen LogP contribution in [0.25, 0.3) is 5.69 Å². The number of halogens is 1. The lowest BCUT2D eigenvalue weighted by atomic mass is 10.1. The third kappa shape index (κ3) is 3.44. The monoisotopic (exact) mass is 354 g/mol. The van der Waals surface area contributed by atoms with E-state index < -0.39 is 16.6 Å². The van der Waals surface area contributed by atoms with Crippen molar-refractivity contribution in [3.63, 3.8) is 0 Å². The number of aryl methyl sites for hydroxylation is 2. The highest BCUT2D eigenvalue weighted by molar-refractivity contribution is 6.04. The van der Waals surface area contributed by atoms with Gasteiger partial charge < -0.3 is 5.32 Å². The predicted molar refractivity (Wildman–Crippen MR) is 94.0 cm³/mol. The van der Waals surface area contributed by atoms with Gasteiger partial charge in [-0.25, -0.2) is 9.07 Å². The number of nitrogens with one attached hydrogen (secondary N) is 1. The topological polar surface area (TPSA) is 90.1 Å². The summed E-state index contributed by atoms with van der Waals surface area (Å²) in [6, 6.07) is 11.7. The predicted octanol–water partition coefficient (Wildman–Crippen LogP) is 3.79. The standard InChI is InChI=1S/C18H15FN4O3/c1-11-3-4-13(10-16(11)19)18(24)20-17-9-12(2)21-22(17)14-5-7-15(8-6-14)23(25)26/h3-10H,1-2H3,(H,20,24). The molecule has 0 radical (unpaired) electrons. The highest BCUT2D eigenvalue weighted by Gasteiger charge is 2.14. The highest BCUT2D eigenvalue weighted by Crippen LogP contribution is 2.21. The van der Waals surface area contributed by atoms with Crippen LogP contribution < -0.4 is 5.32 Å². The number of hydrogen-bond donors (Lipinski definition) is 1. The highest BCUT2D eigenvalue weighted by atomic mass is 19.1. The maximum absolute atomic E-state index is 13.7. The van der Waals surface area contributed by atoms with E-state index in [-0.39, 0.29) is 11.3 Å². The first kappa shape index (κ1) is 17.3. The quantitative estimate of drug-likeness (QED) is 0.570. The summed E-state index contributed by atoms with van der Waals surface area (Å²) in [4.78, 5) is 22.7. The van der Waals surface area contributed by atoms with Gasteiger partial charge in [-0.2, -0.15) is 5.10 Å². The first-order chi connectivity index (χ1) is 12.3. The third-order valence-corrected chi connectivity index (χ3v) is 3.81. The zero-order chi connectivity index (χ0) is 18.8. The van der Waals surface area contributed by atoms with Crippen molar-refractivity contribution < 1.29 is 14.1 Å². The van der Waals surface area contributed by atoms with E-state index in [2.05, 4.69) is 10.4 Å². The van der Waals surface area contributed by atoms with Gasteiger partial charge in [0.1, 0.15) is 11.6 Å². The molecule has 0 bridgehead atoms. The Morgan fingerprint density at radius 2 is 1.85 bits per heavy atom. The van der Waals surface area contributed by atoms with E-state index >= 15 is 0 Å². The Labute approximate surface area is 148 Å². The molecule has 0 aliphatic heterocycles. The molecular weight excluding hydrogens is 339 g/mol. The molecule has 3 aromatic rings. The maximum Gasteiger partial charge on any atom is 0.269 e. The molecule has 26 heavy (non-hydrogen) atoms. The van der Waals surface area contributed by atoms with Crippen LogP contribution >= 0.6 is 0 Å². The molecule has 3 rings (SSSR count). The van der Waals surface area contributed by atoms with Gasteiger partial charge in [0.2, 0.25) is 0 Å². The van der Waals surface area contributed by atoms with Crippen LogP contribution in [-0.2, 0) is 0 Å².